The first-order chi connectivity index (χ1) is 8.65. The summed E-state index contributed by atoms with van der Waals surface area (Å²) in [5, 5.41) is 11.8. The molecule has 1 rings (SSSR count). The third-order valence-corrected chi connectivity index (χ3v) is 3.60. The van der Waals surface area contributed by atoms with Gasteiger partial charge in [0, 0.05) is 24.6 Å². The van der Waals surface area contributed by atoms with Gasteiger partial charge in [0.1, 0.15) is 0 Å². The number of thioether (sulfide) groups is 1. The normalized spacial score (nSPS) is 10.3. The van der Waals surface area contributed by atoms with Gasteiger partial charge in [0.15, 0.2) is 0 Å². The van der Waals surface area contributed by atoms with E-state index in [9.17, 15) is 4.79 Å². The number of aliphatic hydroxyl groups excluding tert-OH is 1. The van der Waals surface area contributed by atoms with Gasteiger partial charge in [-0.15, -0.1) is 0 Å². The van der Waals surface area contributed by atoms with Crippen LogP contribution in [0.2, 0.25) is 5.02 Å². The molecule has 0 aliphatic rings. The molecule has 6 heteroatoms. The Balaban J connectivity index is 2.32. The molecule has 0 heterocycles. The molecule has 4 nitrogen and oxygen atoms in total. The number of nitrogens with one attached hydrogen (secondary N) is 1. The van der Waals surface area contributed by atoms with E-state index in [1.165, 1.54) is 0 Å². The zero-order valence-electron chi connectivity index (χ0n) is 9.99. The molecule has 0 aromatic heterocycles. The summed E-state index contributed by atoms with van der Waals surface area (Å²) in [5.74, 6) is 1.52. The van der Waals surface area contributed by atoms with E-state index in [0.717, 1.165) is 17.9 Å². The van der Waals surface area contributed by atoms with E-state index < -0.39 is 0 Å². The molecule has 1 aromatic rings. The molecule has 4 N–H and O–H groups in total. The zero-order valence-corrected chi connectivity index (χ0v) is 11.6. The molecule has 1 amide bonds. The quantitative estimate of drug-likeness (QED) is 0.528. The topological polar surface area (TPSA) is 75.4 Å². The van der Waals surface area contributed by atoms with Crippen molar-refractivity contribution in [1.82, 2.24) is 5.32 Å². The molecule has 0 spiro atoms. The summed E-state index contributed by atoms with van der Waals surface area (Å²) in [7, 11) is 0. The Morgan fingerprint density at radius 1 is 1.44 bits per heavy atom. The number of amides is 1. The van der Waals surface area contributed by atoms with E-state index in [2.05, 4.69) is 5.32 Å². The minimum absolute atomic E-state index is 0.192. The number of hydrogen-bond donors (Lipinski definition) is 3. The van der Waals surface area contributed by atoms with Crippen LogP contribution in [0.25, 0.3) is 0 Å². The van der Waals surface area contributed by atoms with Gasteiger partial charge in [0.25, 0.3) is 5.91 Å². The number of nitrogens with two attached hydrogens (primary N) is 1. The van der Waals surface area contributed by atoms with Crippen LogP contribution in [0.4, 0.5) is 5.69 Å². The molecule has 18 heavy (non-hydrogen) atoms. The highest BCUT2D eigenvalue weighted by molar-refractivity contribution is 7.99. The Bertz CT molecular complexity index is 402. The van der Waals surface area contributed by atoms with Crippen LogP contribution in [-0.4, -0.2) is 35.7 Å². The summed E-state index contributed by atoms with van der Waals surface area (Å²) in [6, 6.07) is 4.83. The third-order valence-electron chi connectivity index (χ3n) is 2.22. The predicted molar refractivity (Wildman–Crippen MR) is 77.2 cm³/mol. The van der Waals surface area contributed by atoms with Crippen LogP contribution in [-0.2, 0) is 0 Å². The first-order valence-corrected chi connectivity index (χ1v) is 7.20. The van der Waals surface area contributed by atoms with Crippen molar-refractivity contribution in [2.75, 3.05) is 30.4 Å². The van der Waals surface area contributed by atoms with Crippen molar-refractivity contribution in [2.24, 2.45) is 0 Å². The summed E-state index contributed by atoms with van der Waals surface area (Å²) in [6.45, 7) is 0.788. The van der Waals surface area contributed by atoms with Gasteiger partial charge in [0.2, 0.25) is 0 Å². The van der Waals surface area contributed by atoms with E-state index in [1.54, 1.807) is 30.0 Å². The Morgan fingerprint density at radius 2 is 2.22 bits per heavy atom. The Morgan fingerprint density at radius 3 is 2.89 bits per heavy atom. The summed E-state index contributed by atoms with van der Waals surface area (Å²) < 4.78 is 0. The molecule has 0 bridgehead atoms. The monoisotopic (exact) mass is 288 g/mol. The fourth-order valence-corrected chi connectivity index (χ4v) is 2.37. The molecule has 0 unspecified atom stereocenters. The molecular weight excluding hydrogens is 272 g/mol. The van der Waals surface area contributed by atoms with Crippen molar-refractivity contribution < 1.29 is 9.90 Å². The van der Waals surface area contributed by atoms with E-state index in [0.29, 0.717) is 22.8 Å². The fourth-order valence-electron chi connectivity index (χ4n) is 1.32. The maximum atomic E-state index is 11.8. The molecule has 0 saturated heterocycles. The lowest BCUT2D eigenvalue weighted by Gasteiger charge is -2.07. The number of rotatable bonds is 7. The van der Waals surface area contributed by atoms with E-state index in [4.69, 9.17) is 22.4 Å². The molecule has 0 aliphatic heterocycles. The molecule has 0 radical (unpaired) electrons. The molecule has 0 saturated carbocycles. The van der Waals surface area contributed by atoms with Crippen LogP contribution in [0.5, 0.6) is 0 Å². The Hall–Kier alpha value is -0.910. The van der Waals surface area contributed by atoms with Crippen molar-refractivity contribution in [2.45, 2.75) is 6.42 Å². The average Bonchev–Trinajstić information content (AvgIpc) is 2.33. The number of benzene rings is 1. The summed E-state index contributed by atoms with van der Waals surface area (Å²) in [4.78, 5) is 11.8. The van der Waals surface area contributed by atoms with E-state index >= 15 is 0 Å². The van der Waals surface area contributed by atoms with Crippen LogP contribution in [0.1, 0.15) is 16.8 Å². The van der Waals surface area contributed by atoms with Crippen LogP contribution >= 0.6 is 23.4 Å². The first-order valence-electron chi connectivity index (χ1n) is 5.67. The Labute approximate surface area is 116 Å². The van der Waals surface area contributed by atoms with Crippen LogP contribution in [0, 0.1) is 0 Å². The van der Waals surface area contributed by atoms with Gasteiger partial charge in [-0.05, 0) is 30.4 Å². The minimum Gasteiger partial charge on any atom is -0.399 e. The standard InChI is InChI=1S/C12H17ClN2O2S/c13-11-8-9(14)2-3-10(11)12(17)15-4-7-18-6-1-5-16/h2-3,8,16H,1,4-7,14H2,(H,15,17). The van der Waals surface area contributed by atoms with Gasteiger partial charge in [-0.2, -0.15) is 11.8 Å². The smallest absolute Gasteiger partial charge is 0.252 e. The number of hydrogen-bond acceptors (Lipinski definition) is 4. The van der Waals surface area contributed by atoms with Crippen molar-refractivity contribution in [1.29, 1.82) is 0 Å². The van der Waals surface area contributed by atoms with Crippen molar-refractivity contribution >= 4 is 35.0 Å². The first kappa shape index (κ1) is 15.1. The fraction of sp³-hybridized carbons (Fsp3) is 0.417. The lowest BCUT2D eigenvalue weighted by atomic mass is 10.2. The highest BCUT2D eigenvalue weighted by atomic mass is 35.5. The van der Waals surface area contributed by atoms with Crippen molar-refractivity contribution in [3.05, 3.63) is 28.8 Å². The second-order valence-electron chi connectivity index (χ2n) is 3.68. The van der Waals surface area contributed by atoms with Gasteiger partial charge in [-0.3, -0.25) is 4.79 Å². The molecule has 0 fully saturated rings. The number of carbonyl (C=O) groups is 1. The van der Waals surface area contributed by atoms with E-state index in [1.807, 2.05) is 0 Å². The summed E-state index contributed by atoms with van der Waals surface area (Å²) in [6.07, 6.45) is 0.780. The lowest BCUT2D eigenvalue weighted by Crippen LogP contribution is -2.26. The van der Waals surface area contributed by atoms with Gasteiger partial charge in [0.05, 0.1) is 10.6 Å². The predicted octanol–water partition coefficient (Wildman–Crippen LogP) is 1.77. The molecule has 0 aliphatic carbocycles. The third kappa shape index (κ3) is 5.16. The van der Waals surface area contributed by atoms with Crippen LogP contribution in [0.3, 0.4) is 0 Å². The number of aliphatic hydroxyl groups is 1. The summed E-state index contributed by atoms with van der Waals surface area (Å²) >= 11 is 7.63. The summed E-state index contributed by atoms with van der Waals surface area (Å²) in [5.41, 5.74) is 6.53. The minimum atomic E-state index is -0.192. The maximum Gasteiger partial charge on any atom is 0.252 e. The Kier molecular flexibility index (Phi) is 6.93. The largest absolute Gasteiger partial charge is 0.399 e. The molecule has 0 atom stereocenters. The van der Waals surface area contributed by atoms with Gasteiger partial charge < -0.3 is 16.2 Å². The molecule has 1 aromatic carbocycles. The van der Waals surface area contributed by atoms with E-state index in [-0.39, 0.29) is 12.5 Å². The SMILES string of the molecule is Nc1ccc(C(=O)NCCSCCCO)c(Cl)c1. The van der Waals surface area contributed by atoms with Gasteiger partial charge >= 0.3 is 0 Å². The number of anilines is 1. The lowest BCUT2D eigenvalue weighted by molar-refractivity contribution is 0.0956. The van der Waals surface area contributed by atoms with Crippen molar-refractivity contribution in [3.8, 4) is 0 Å². The van der Waals surface area contributed by atoms with Crippen LogP contribution in [0.15, 0.2) is 18.2 Å². The second-order valence-corrected chi connectivity index (χ2v) is 5.32. The van der Waals surface area contributed by atoms with Crippen LogP contribution < -0.4 is 11.1 Å². The highest BCUT2D eigenvalue weighted by Gasteiger charge is 2.09. The zero-order chi connectivity index (χ0) is 13.4. The van der Waals surface area contributed by atoms with Crippen molar-refractivity contribution in [3.63, 3.8) is 0 Å². The number of carbonyl (C=O) groups excluding carboxylic acids is 1. The second kappa shape index (κ2) is 8.24. The maximum absolute atomic E-state index is 11.8. The highest BCUT2D eigenvalue weighted by Crippen LogP contribution is 2.18. The van der Waals surface area contributed by atoms with Gasteiger partial charge in [-0.25, -0.2) is 0 Å². The number of nitrogen functional groups attached to an aromatic ring is 1. The van der Waals surface area contributed by atoms with Gasteiger partial charge in [-0.1, -0.05) is 11.6 Å². The molecule has 100 valence electrons. The average molecular weight is 289 g/mol. The molecular formula is C12H17ClN2O2S. The number of halogens is 1.